The number of carbonyl (C=O) groups excluding carboxylic acids is 1. The van der Waals surface area contributed by atoms with Crippen molar-refractivity contribution in [2.24, 2.45) is 4.99 Å². The monoisotopic (exact) mass is 391 g/mol. The molecule has 0 radical (unpaired) electrons. The quantitative estimate of drug-likeness (QED) is 0.445. The number of hydrogen-bond acceptors (Lipinski definition) is 8. The molecule has 1 atom stereocenters. The molecule has 0 fully saturated rings. The highest BCUT2D eigenvalue weighted by molar-refractivity contribution is 7.07. The lowest BCUT2D eigenvalue weighted by atomic mass is 10.0. The number of nitrogens with zero attached hydrogens (tertiary/aromatic N) is 3. The van der Waals surface area contributed by atoms with Crippen molar-refractivity contribution in [3.05, 3.63) is 53.3 Å². The SMILES string of the molecule is CCOC(=O)C1=C(C)n2c(sc(=C(C)C)c2=O)=N[C@@H]1c1ccc([N+](=O)[O-])o1. The fourth-order valence-corrected chi connectivity index (χ4v) is 3.85. The molecule has 0 aromatic carbocycles. The summed E-state index contributed by atoms with van der Waals surface area (Å²) in [5, 5.41) is 10.9. The molecular formula is C17H17N3O6S. The molecule has 9 nitrogen and oxygen atoms in total. The zero-order valence-corrected chi connectivity index (χ0v) is 16.0. The molecule has 0 amide bonds. The third kappa shape index (κ3) is 3.12. The number of carbonyl (C=O) groups is 1. The van der Waals surface area contributed by atoms with Crippen molar-refractivity contribution in [1.82, 2.24) is 4.57 Å². The molecule has 1 aliphatic rings. The van der Waals surface area contributed by atoms with Gasteiger partial charge in [-0.1, -0.05) is 16.9 Å². The Morgan fingerprint density at radius 3 is 2.70 bits per heavy atom. The molecule has 2 aromatic heterocycles. The summed E-state index contributed by atoms with van der Waals surface area (Å²) in [6.07, 6.45) is 0. The summed E-state index contributed by atoms with van der Waals surface area (Å²) in [6, 6.07) is 1.67. The Morgan fingerprint density at radius 1 is 1.44 bits per heavy atom. The number of rotatable bonds is 4. The van der Waals surface area contributed by atoms with Gasteiger partial charge in [0.05, 0.1) is 22.8 Å². The number of hydrogen-bond donors (Lipinski definition) is 0. The highest BCUT2D eigenvalue weighted by atomic mass is 32.1. The predicted octanol–water partition coefficient (Wildman–Crippen LogP) is 1.77. The van der Waals surface area contributed by atoms with Crippen LogP contribution in [0.1, 0.15) is 39.5 Å². The van der Waals surface area contributed by atoms with Gasteiger partial charge in [-0.05, 0) is 33.8 Å². The molecule has 0 aliphatic carbocycles. The van der Waals surface area contributed by atoms with Crippen LogP contribution in [0.25, 0.3) is 11.3 Å². The van der Waals surface area contributed by atoms with Gasteiger partial charge in [-0.2, -0.15) is 0 Å². The van der Waals surface area contributed by atoms with Crippen LogP contribution < -0.4 is 14.9 Å². The van der Waals surface area contributed by atoms with Crippen molar-refractivity contribution in [2.75, 3.05) is 6.61 Å². The van der Waals surface area contributed by atoms with E-state index in [0.717, 1.165) is 5.57 Å². The number of nitro groups is 1. The Labute approximate surface area is 157 Å². The average Bonchev–Trinajstić information content (AvgIpc) is 3.20. The summed E-state index contributed by atoms with van der Waals surface area (Å²) in [7, 11) is 0. The minimum atomic E-state index is -0.930. The number of aromatic nitrogens is 1. The van der Waals surface area contributed by atoms with Crippen molar-refractivity contribution >= 4 is 34.5 Å². The van der Waals surface area contributed by atoms with Gasteiger partial charge in [0.25, 0.3) is 5.56 Å². The van der Waals surface area contributed by atoms with Gasteiger partial charge in [-0.3, -0.25) is 19.5 Å². The molecule has 142 valence electrons. The second kappa shape index (κ2) is 6.95. The van der Waals surface area contributed by atoms with Gasteiger partial charge in [-0.15, -0.1) is 0 Å². The van der Waals surface area contributed by atoms with Crippen molar-refractivity contribution in [3.8, 4) is 0 Å². The second-order valence-corrected chi connectivity index (χ2v) is 7.02. The normalized spacial score (nSPS) is 15.9. The molecule has 10 heteroatoms. The van der Waals surface area contributed by atoms with Gasteiger partial charge >= 0.3 is 11.9 Å². The van der Waals surface area contributed by atoms with E-state index in [4.69, 9.17) is 9.15 Å². The summed E-state index contributed by atoms with van der Waals surface area (Å²) in [5.74, 6) is -0.964. The van der Waals surface area contributed by atoms with E-state index in [2.05, 4.69) is 4.99 Å². The number of fused-ring (bicyclic) bond motifs is 1. The molecule has 1 aliphatic heterocycles. The van der Waals surface area contributed by atoms with Gasteiger partial charge in [-0.25, -0.2) is 9.79 Å². The fourth-order valence-electron chi connectivity index (χ4n) is 2.82. The van der Waals surface area contributed by atoms with Crippen LogP contribution in [0.15, 0.2) is 31.9 Å². The summed E-state index contributed by atoms with van der Waals surface area (Å²) >= 11 is 1.20. The van der Waals surface area contributed by atoms with Crippen LogP contribution >= 0.6 is 11.3 Å². The van der Waals surface area contributed by atoms with E-state index in [1.165, 1.54) is 28.0 Å². The summed E-state index contributed by atoms with van der Waals surface area (Å²) in [4.78, 5) is 40.4. The molecule has 0 bridgehead atoms. The largest absolute Gasteiger partial charge is 0.463 e. The van der Waals surface area contributed by atoms with E-state index >= 15 is 0 Å². The molecule has 0 spiro atoms. The molecule has 3 heterocycles. The zero-order valence-electron chi connectivity index (χ0n) is 15.1. The molecule has 2 aromatic rings. The summed E-state index contributed by atoms with van der Waals surface area (Å²) in [5.41, 5.74) is 1.06. The molecule has 0 saturated carbocycles. The molecule has 3 rings (SSSR count). The lowest BCUT2D eigenvalue weighted by Crippen LogP contribution is -2.35. The number of furan rings is 1. The van der Waals surface area contributed by atoms with Crippen molar-refractivity contribution < 1.29 is 18.9 Å². The van der Waals surface area contributed by atoms with E-state index < -0.39 is 22.8 Å². The van der Waals surface area contributed by atoms with Crippen molar-refractivity contribution in [2.45, 2.75) is 33.7 Å². The first-order chi connectivity index (χ1) is 12.8. The standard InChI is InChI=1S/C17H17N3O6S/c1-5-25-16(22)12-9(4)19-15(21)14(8(2)3)27-17(19)18-13(12)10-6-7-11(26-10)20(23)24/h6-7,13H,5H2,1-4H3/t13-/m1/s1. The lowest BCUT2D eigenvalue weighted by Gasteiger charge is -2.20. The minimum absolute atomic E-state index is 0.119. The van der Waals surface area contributed by atoms with Crippen LogP contribution in [0, 0.1) is 10.1 Å². The van der Waals surface area contributed by atoms with Crippen molar-refractivity contribution in [3.63, 3.8) is 0 Å². The highest BCUT2D eigenvalue weighted by Gasteiger charge is 2.34. The first-order valence-electron chi connectivity index (χ1n) is 8.15. The summed E-state index contributed by atoms with van der Waals surface area (Å²) < 4.78 is 12.3. The average molecular weight is 391 g/mol. The number of allylic oxidation sites excluding steroid dienone is 1. The van der Waals surface area contributed by atoms with Crippen molar-refractivity contribution in [1.29, 1.82) is 0 Å². The Kier molecular flexibility index (Phi) is 4.83. The third-order valence-electron chi connectivity index (χ3n) is 4.03. The van der Waals surface area contributed by atoms with Crippen LogP contribution in [-0.4, -0.2) is 22.1 Å². The van der Waals surface area contributed by atoms with Gasteiger partial charge in [0.2, 0.25) is 0 Å². The smallest absolute Gasteiger partial charge is 0.433 e. The second-order valence-electron chi connectivity index (χ2n) is 6.04. The first-order valence-corrected chi connectivity index (χ1v) is 8.97. The van der Waals surface area contributed by atoms with E-state index in [9.17, 15) is 19.7 Å². The van der Waals surface area contributed by atoms with Crippen LogP contribution in [0.4, 0.5) is 5.88 Å². The molecule has 0 unspecified atom stereocenters. The molecule has 27 heavy (non-hydrogen) atoms. The highest BCUT2D eigenvalue weighted by Crippen LogP contribution is 2.34. The molecule has 0 N–H and O–H groups in total. The Bertz CT molecular complexity index is 1150. The maximum Gasteiger partial charge on any atom is 0.433 e. The van der Waals surface area contributed by atoms with Gasteiger partial charge in [0.1, 0.15) is 16.7 Å². The van der Waals surface area contributed by atoms with Gasteiger partial charge in [0, 0.05) is 5.70 Å². The van der Waals surface area contributed by atoms with Gasteiger partial charge in [0.15, 0.2) is 4.80 Å². The maximum absolute atomic E-state index is 12.7. The molecule has 0 saturated heterocycles. The number of ether oxygens (including phenoxy) is 1. The van der Waals surface area contributed by atoms with E-state index in [-0.39, 0.29) is 23.5 Å². The topological polar surface area (TPSA) is 117 Å². The van der Waals surface area contributed by atoms with Crippen LogP contribution in [-0.2, 0) is 9.53 Å². The first kappa shape index (κ1) is 18.8. The number of thiazole rings is 1. The Balaban J connectivity index is 2.31. The predicted molar refractivity (Wildman–Crippen MR) is 97.7 cm³/mol. The van der Waals surface area contributed by atoms with Crippen LogP contribution in [0.3, 0.4) is 0 Å². The van der Waals surface area contributed by atoms with E-state index in [0.29, 0.717) is 15.0 Å². The Morgan fingerprint density at radius 2 is 2.15 bits per heavy atom. The van der Waals surface area contributed by atoms with E-state index in [1.807, 2.05) is 13.8 Å². The zero-order chi connectivity index (χ0) is 19.9. The van der Waals surface area contributed by atoms with Crippen LogP contribution in [0.5, 0.6) is 0 Å². The maximum atomic E-state index is 12.7. The van der Waals surface area contributed by atoms with E-state index in [1.54, 1.807) is 13.8 Å². The minimum Gasteiger partial charge on any atom is -0.463 e. The fraction of sp³-hybridized carbons (Fsp3) is 0.353. The molecular weight excluding hydrogens is 374 g/mol. The lowest BCUT2D eigenvalue weighted by molar-refractivity contribution is -0.402. The number of esters is 1. The summed E-state index contributed by atoms with van der Waals surface area (Å²) in [6.45, 7) is 7.06. The Hall–Kier alpha value is -3.01. The van der Waals surface area contributed by atoms with Crippen LogP contribution in [0.2, 0.25) is 0 Å². The van der Waals surface area contributed by atoms with Gasteiger partial charge < -0.3 is 9.15 Å². The third-order valence-corrected chi connectivity index (χ3v) is 5.29.